The normalized spacial score (nSPS) is 10.5. The summed E-state index contributed by atoms with van der Waals surface area (Å²) in [6, 6.07) is 19.3. The molecule has 0 unspecified atom stereocenters. The van der Waals surface area contributed by atoms with E-state index < -0.39 is 0 Å². The molecule has 0 saturated heterocycles. The van der Waals surface area contributed by atoms with Crippen molar-refractivity contribution in [2.75, 3.05) is 7.05 Å². The molecule has 2 aromatic rings. The Morgan fingerprint density at radius 3 is 1.98 bits per heavy atom. The van der Waals surface area contributed by atoms with Gasteiger partial charge in [0.05, 0.1) is 11.6 Å². The summed E-state index contributed by atoms with van der Waals surface area (Å²) < 4.78 is 0. The summed E-state index contributed by atoms with van der Waals surface area (Å²) in [5.74, 6) is 0. The molecule has 0 radical (unpaired) electrons. The Morgan fingerprint density at radius 2 is 1.56 bits per heavy atom. The first-order chi connectivity index (χ1) is 20.7. The molecule has 3 heteroatoms. The maximum Gasteiger partial charge on any atom is 0.0991 e. The predicted molar refractivity (Wildman–Crippen MR) is 198 cm³/mol. The van der Waals surface area contributed by atoms with Crippen LogP contribution in [0.5, 0.6) is 0 Å². The number of aliphatic imine (C=N–C) groups is 1. The number of nitrogens with zero attached hydrogens (tertiary/aromatic N) is 3. The first kappa shape index (κ1) is 46.2. The summed E-state index contributed by atoms with van der Waals surface area (Å²) in [5, 5.41) is 9.07. The van der Waals surface area contributed by atoms with E-state index in [1.54, 1.807) is 6.21 Å². The molecule has 43 heavy (non-hydrogen) atoms. The van der Waals surface area contributed by atoms with E-state index >= 15 is 0 Å². The molecule has 2 aromatic carbocycles. The average Bonchev–Trinajstić information content (AvgIpc) is 3.06. The molecule has 0 fully saturated rings. The third kappa shape index (κ3) is 26.9. The molecule has 0 heterocycles. The molecule has 0 amide bonds. The molecule has 0 saturated carbocycles. The number of allylic oxidation sites excluding steroid dienone is 5. The molecule has 0 aliphatic carbocycles. The second-order valence-electron chi connectivity index (χ2n) is 9.43. The van der Waals surface area contributed by atoms with Crippen molar-refractivity contribution in [1.29, 1.82) is 5.26 Å². The van der Waals surface area contributed by atoms with Crippen LogP contribution in [0.4, 0.5) is 0 Å². The maximum absolute atomic E-state index is 9.07. The summed E-state index contributed by atoms with van der Waals surface area (Å²) >= 11 is 0. The van der Waals surface area contributed by atoms with Crippen molar-refractivity contribution in [2.45, 2.75) is 101 Å². The van der Waals surface area contributed by atoms with E-state index in [4.69, 9.17) is 5.26 Å². The molecule has 0 spiro atoms. The summed E-state index contributed by atoms with van der Waals surface area (Å²) in [5.41, 5.74) is 7.28. The van der Waals surface area contributed by atoms with Crippen molar-refractivity contribution in [1.82, 2.24) is 4.90 Å². The van der Waals surface area contributed by atoms with E-state index in [1.165, 1.54) is 27.8 Å². The maximum atomic E-state index is 9.07. The van der Waals surface area contributed by atoms with E-state index in [9.17, 15) is 0 Å². The number of benzene rings is 2. The van der Waals surface area contributed by atoms with Crippen LogP contribution in [-0.2, 0) is 13.0 Å². The lowest BCUT2D eigenvalue weighted by molar-refractivity contribution is 0.225. The van der Waals surface area contributed by atoms with Gasteiger partial charge in [0, 0.05) is 25.0 Å². The van der Waals surface area contributed by atoms with Crippen molar-refractivity contribution < 1.29 is 0 Å². The van der Waals surface area contributed by atoms with Crippen molar-refractivity contribution in [3.05, 3.63) is 133 Å². The minimum atomic E-state index is 0.507. The Morgan fingerprint density at radius 1 is 0.977 bits per heavy atom. The van der Waals surface area contributed by atoms with Crippen LogP contribution in [0.15, 0.2) is 115 Å². The van der Waals surface area contributed by atoms with Gasteiger partial charge in [-0.25, -0.2) is 0 Å². The van der Waals surface area contributed by atoms with Crippen LogP contribution in [0.3, 0.4) is 0 Å². The number of likely N-dealkylation sites (N-methyl/N-ethyl adjacent to an activating group) is 1. The van der Waals surface area contributed by atoms with Gasteiger partial charge in [-0.3, -0.25) is 9.89 Å². The number of aryl methyl sites for hydroxylation is 1. The zero-order valence-corrected chi connectivity index (χ0v) is 29.6. The lowest BCUT2D eigenvalue weighted by Gasteiger charge is -2.28. The van der Waals surface area contributed by atoms with Crippen molar-refractivity contribution >= 4 is 6.21 Å². The molecule has 238 valence electrons. The summed E-state index contributed by atoms with van der Waals surface area (Å²) in [4.78, 5) is 6.35. The zero-order valence-electron chi connectivity index (χ0n) is 29.6. The van der Waals surface area contributed by atoms with Gasteiger partial charge in [-0.05, 0) is 96.7 Å². The lowest BCUT2D eigenvalue weighted by Crippen LogP contribution is -2.32. The van der Waals surface area contributed by atoms with Crippen LogP contribution >= 0.6 is 0 Å². The minimum Gasteiger partial charge on any atom is -0.299 e. The van der Waals surface area contributed by atoms with Gasteiger partial charge in [-0.15, -0.1) is 26.3 Å². The summed E-state index contributed by atoms with van der Waals surface area (Å²) in [6.45, 7) is 33.5. The van der Waals surface area contributed by atoms with Crippen LogP contribution < -0.4 is 0 Å². The molecular formula is C40H63N3. The number of nitriles is 1. The zero-order chi connectivity index (χ0) is 34.1. The number of hydrogen-bond acceptors (Lipinski definition) is 3. The van der Waals surface area contributed by atoms with Crippen molar-refractivity contribution in [3.63, 3.8) is 0 Å². The van der Waals surface area contributed by atoms with Crippen LogP contribution in [0, 0.1) is 18.3 Å². The van der Waals surface area contributed by atoms with E-state index in [1.807, 2.05) is 64.2 Å². The highest BCUT2D eigenvalue weighted by molar-refractivity contribution is 5.54. The van der Waals surface area contributed by atoms with Gasteiger partial charge in [0.25, 0.3) is 0 Å². The van der Waals surface area contributed by atoms with Crippen LogP contribution in [0.2, 0.25) is 0 Å². The number of hydrogen-bond donors (Lipinski definition) is 0. The molecule has 0 aromatic heterocycles. The topological polar surface area (TPSA) is 39.4 Å². The summed E-state index contributed by atoms with van der Waals surface area (Å²) in [7, 11) is 2.18. The van der Waals surface area contributed by atoms with Gasteiger partial charge >= 0.3 is 0 Å². The monoisotopic (exact) mass is 586 g/mol. The smallest absolute Gasteiger partial charge is 0.0991 e. The van der Waals surface area contributed by atoms with Gasteiger partial charge in [-0.2, -0.15) is 5.26 Å². The van der Waals surface area contributed by atoms with E-state index in [0.717, 1.165) is 31.4 Å². The lowest BCUT2D eigenvalue weighted by atomic mass is 10.0. The highest BCUT2D eigenvalue weighted by Gasteiger charge is 2.15. The van der Waals surface area contributed by atoms with E-state index in [-0.39, 0.29) is 0 Å². The van der Waals surface area contributed by atoms with Gasteiger partial charge < -0.3 is 0 Å². The van der Waals surface area contributed by atoms with Crippen LogP contribution in [0.25, 0.3) is 0 Å². The Labute approximate surface area is 267 Å². The quantitative estimate of drug-likeness (QED) is 0.167. The van der Waals surface area contributed by atoms with Gasteiger partial charge in [-0.1, -0.05) is 93.5 Å². The van der Waals surface area contributed by atoms with Gasteiger partial charge in [0.15, 0.2) is 0 Å². The third-order valence-electron chi connectivity index (χ3n) is 5.93. The molecule has 0 N–H and O–H groups in total. The first-order valence-electron chi connectivity index (χ1n) is 15.4. The third-order valence-corrected chi connectivity index (χ3v) is 5.93. The highest BCUT2D eigenvalue weighted by Crippen LogP contribution is 2.17. The summed E-state index contributed by atoms with van der Waals surface area (Å²) in [6.07, 6.45) is 13.1. The van der Waals surface area contributed by atoms with Crippen LogP contribution in [0.1, 0.15) is 97.4 Å². The predicted octanol–water partition coefficient (Wildman–Crippen LogP) is 11.9. The Hall–Kier alpha value is -3.74. The average molecular weight is 586 g/mol. The highest BCUT2D eigenvalue weighted by atomic mass is 15.1. The second kappa shape index (κ2) is 34.5. The molecule has 0 bridgehead atoms. The number of rotatable bonds is 9. The SMILES string of the molecule is C/C=C\C=C(C)C.C=C.C=C.CC.CC=N/C=C(\C)CC.CC[C@@H](Cc1ccccc1)N(C)Cc1cc(C#N)ccc1C. The fourth-order valence-corrected chi connectivity index (χ4v) is 3.39. The van der Waals surface area contributed by atoms with Gasteiger partial charge in [0.1, 0.15) is 0 Å². The Balaban J connectivity index is -0.000000299. The molecule has 3 nitrogen and oxygen atoms in total. The van der Waals surface area contributed by atoms with Gasteiger partial charge in [0.2, 0.25) is 0 Å². The molecular weight excluding hydrogens is 522 g/mol. The fourth-order valence-electron chi connectivity index (χ4n) is 3.39. The first-order valence-corrected chi connectivity index (χ1v) is 15.4. The second-order valence-corrected chi connectivity index (χ2v) is 9.43. The molecule has 2 rings (SSSR count). The largest absolute Gasteiger partial charge is 0.299 e. The standard InChI is InChI=1S/C20H24N2.C7H13N.C7H12.C2H6.2C2H4/c1-4-20(13-17-8-6-5-7-9-17)22(3)15-19-12-18(14-21)11-10-16(19)2;1-4-7(3)6-8-5-2;1-4-5-6-7(2)3;3*1-2/h5-12,20H,4,13,15H2,1-3H3;5-6H,4H2,1-3H3;4-6H,1-3H3;1-2H3;2*1-2H2/b;7-6+,8-5?;5-4-;;;/t20-;;;;;/m0...../s1. The Kier molecular flexibility index (Phi) is 37.0. The van der Waals surface area contributed by atoms with Crippen molar-refractivity contribution in [2.24, 2.45) is 4.99 Å². The van der Waals surface area contributed by atoms with Crippen molar-refractivity contribution in [3.8, 4) is 6.07 Å². The fraction of sp³-hybridized carbons (Fsp3) is 0.400. The molecule has 1 atom stereocenters. The molecule has 0 aliphatic rings. The molecule has 0 aliphatic heterocycles. The Bertz CT molecular complexity index is 1060. The van der Waals surface area contributed by atoms with Crippen LogP contribution in [-0.4, -0.2) is 24.2 Å². The minimum absolute atomic E-state index is 0.507. The van der Waals surface area contributed by atoms with E-state index in [2.05, 4.69) is 127 Å². The van der Waals surface area contributed by atoms with E-state index in [0.29, 0.717) is 6.04 Å².